The van der Waals surface area contributed by atoms with E-state index in [4.69, 9.17) is 4.74 Å². The number of halogens is 5. The topological polar surface area (TPSA) is 67.4 Å². The molecule has 0 bridgehead atoms. The summed E-state index contributed by atoms with van der Waals surface area (Å²) in [5.41, 5.74) is 0. The van der Waals surface area contributed by atoms with E-state index in [-0.39, 0.29) is 5.75 Å². The fourth-order valence-corrected chi connectivity index (χ4v) is 1.46. The van der Waals surface area contributed by atoms with Crippen molar-refractivity contribution in [2.24, 2.45) is 0 Å². The molecule has 21 heavy (non-hydrogen) atoms. The van der Waals surface area contributed by atoms with Crippen molar-refractivity contribution in [3.05, 3.63) is 28.5 Å². The van der Waals surface area contributed by atoms with E-state index in [0.717, 1.165) is 6.07 Å². The molecule has 0 aliphatic heterocycles. The van der Waals surface area contributed by atoms with E-state index >= 15 is 0 Å². The number of hydrogen-bond acceptors (Lipinski definition) is 3. The molecule has 3 amide bonds. The zero-order chi connectivity index (χ0) is 16.0. The second-order valence-corrected chi connectivity index (χ2v) is 4.63. The first-order valence-corrected chi connectivity index (χ1v) is 6.19. The van der Waals surface area contributed by atoms with Gasteiger partial charge in [0.15, 0.2) is 18.2 Å². The van der Waals surface area contributed by atoms with Gasteiger partial charge in [0.05, 0.1) is 0 Å². The molecule has 1 aromatic rings. The maximum atomic E-state index is 13.3. The van der Waals surface area contributed by atoms with Gasteiger partial charge in [0.25, 0.3) is 5.91 Å². The predicted octanol–water partition coefficient (Wildman–Crippen LogP) is 2.36. The summed E-state index contributed by atoms with van der Waals surface area (Å²) in [7, 11) is 0. The monoisotopic (exact) mass is 372 g/mol. The summed E-state index contributed by atoms with van der Waals surface area (Å²) < 4.78 is 54.0. The molecule has 116 valence electrons. The SMILES string of the molecule is O=C(COc1ccc(Br)cc1F)NC(=O)NCC(F)(F)F. The Hall–Kier alpha value is -1.84. The van der Waals surface area contributed by atoms with Crippen LogP contribution in [-0.2, 0) is 4.79 Å². The fourth-order valence-electron chi connectivity index (χ4n) is 1.12. The van der Waals surface area contributed by atoms with Crippen molar-refractivity contribution in [3.63, 3.8) is 0 Å². The molecule has 0 aliphatic carbocycles. The Morgan fingerprint density at radius 2 is 1.95 bits per heavy atom. The Morgan fingerprint density at radius 1 is 1.29 bits per heavy atom. The van der Waals surface area contributed by atoms with E-state index in [9.17, 15) is 27.2 Å². The fraction of sp³-hybridized carbons (Fsp3) is 0.273. The lowest BCUT2D eigenvalue weighted by Gasteiger charge is -2.10. The number of rotatable bonds is 4. The van der Waals surface area contributed by atoms with Crippen LogP contribution in [0.15, 0.2) is 22.7 Å². The zero-order valence-corrected chi connectivity index (χ0v) is 11.8. The van der Waals surface area contributed by atoms with E-state index in [2.05, 4.69) is 15.9 Å². The minimum Gasteiger partial charge on any atom is -0.481 e. The maximum absolute atomic E-state index is 13.3. The number of benzene rings is 1. The quantitative estimate of drug-likeness (QED) is 0.797. The summed E-state index contributed by atoms with van der Waals surface area (Å²) in [4.78, 5) is 22.2. The van der Waals surface area contributed by atoms with Gasteiger partial charge in [-0.15, -0.1) is 0 Å². The van der Waals surface area contributed by atoms with Gasteiger partial charge in [0, 0.05) is 4.47 Å². The van der Waals surface area contributed by atoms with Gasteiger partial charge in [-0.25, -0.2) is 9.18 Å². The second-order valence-electron chi connectivity index (χ2n) is 3.71. The van der Waals surface area contributed by atoms with Gasteiger partial charge in [0.2, 0.25) is 0 Å². The molecule has 0 aliphatic rings. The van der Waals surface area contributed by atoms with Crippen LogP contribution in [0.2, 0.25) is 0 Å². The van der Waals surface area contributed by atoms with E-state index in [1.54, 1.807) is 5.32 Å². The van der Waals surface area contributed by atoms with Crippen LogP contribution in [0.5, 0.6) is 5.75 Å². The number of carbonyl (C=O) groups excluding carboxylic acids is 2. The second kappa shape index (κ2) is 7.25. The first-order valence-electron chi connectivity index (χ1n) is 5.39. The van der Waals surface area contributed by atoms with Crippen LogP contribution in [0.1, 0.15) is 0 Å². The van der Waals surface area contributed by atoms with Crippen molar-refractivity contribution in [1.82, 2.24) is 10.6 Å². The Labute approximate surface area is 124 Å². The number of alkyl halides is 3. The lowest BCUT2D eigenvalue weighted by Crippen LogP contribution is -2.44. The van der Waals surface area contributed by atoms with Gasteiger partial charge in [-0.1, -0.05) is 15.9 Å². The van der Waals surface area contributed by atoms with Crippen LogP contribution in [0.3, 0.4) is 0 Å². The summed E-state index contributed by atoms with van der Waals surface area (Å²) in [5.74, 6) is -1.99. The third kappa shape index (κ3) is 6.93. The van der Waals surface area contributed by atoms with Crippen LogP contribution < -0.4 is 15.4 Å². The smallest absolute Gasteiger partial charge is 0.405 e. The number of urea groups is 1. The Balaban J connectivity index is 2.39. The van der Waals surface area contributed by atoms with Crippen molar-refractivity contribution in [2.45, 2.75) is 6.18 Å². The summed E-state index contributed by atoms with van der Waals surface area (Å²) in [6.45, 7) is -2.30. The van der Waals surface area contributed by atoms with Crippen molar-refractivity contribution < 1.29 is 31.9 Å². The van der Waals surface area contributed by atoms with Crippen molar-refractivity contribution >= 4 is 27.9 Å². The average Bonchev–Trinajstić information content (AvgIpc) is 2.34. The number of amides is 3. The summed E-state index contributed by atoms with van der Waals surface area (Å²) in [6, 6.07) is 2.49. The number of carbonyl (C=O) groups is 2. The molecule has 10 heteroatoms. The number of imide groups is 1. The van der Waals surface area contributed by atoms with Crippen LogP contribution in [0, 0.1) is 5.82 Å². The predicted molar refractivity (Wildman–Crippen MR) is 67.2 cm³/mol. The summed E-state index contributed by atoms with van der Waals surface area (Å²) in [5, 5.41) is 3.05. The normalized spacial score (nSPS) is 10.9. The third-order valence-corrected chi connectivity index (χ3v) is 2.45. The van der Waals surface area contributed by atoms with Gasteiger partial charge in [-0.3, -0.25) is 10.1 Å². The minimum atomic E-state index is -4.59. The van der Waals surface area contributed by atoms with Gasteiger partial charge in [-0.05, 0) is 18.2 Å². The molecule has 0 spiro atoms. The van der Waals surface area contributed by atoms with E-state index < -0.39 is 37.1 Å². The number of nitrogens with one attached hydrogen (secondary N) is 2. The van der Waals surface area contributed by atoms with Gasteiger partial charge >= 0.3 is 12.2 Å². The molecule has 0 atom stereocenters. The van der Waals surface area contributed by atoms with Crippen LogP contribution in [0.4, 0.5) is 22.4 Å². The van der Waals surface area contributed by atoms with E-state index in [1.807, 2.05) is 0 Å². The van der Waals surface area contributed by atoms with Crippen LogP contribution in [0.25, 0.3) is 0 Å². The zero-order valence-electron chi connectivity index (χ0n) is 10.3. The van der Waals surface area contributed by atoms with Gasteiger partial charge < -0.3 is 10.1 Å². The molecule has 0 saturated carbocycles. The van der Waals surface area contributed by atoms with Crippen LogP contribution in [-0.4, -0.2) is 31.3 Å². The molecular weight excluding hydrogens is 364 g/mol. The molecule has 1 rings (SSSR count). The molecule has 0 radical (unpaired) electrons. The average molecular weight is 373 g/mol. The highest BCUT2D eigenvalue weighted by Gasteiger charge is 2.27. The molecule has 0 unspecified atom stereocenters. The highest BCUT2D eigenvalue weighted by Crippen LogP contribution is 2.21. The Bertz CT molecular complexity index is 537. The molecule has 1 aromatic carbocycles. The standard InChI is InChI=1S/C11H9BrF4N2O3/c12-6-1-2-8(7(13)3-6)21-4-9(19)18-10(20)17-5-11(14,15)16/h1-3H,4-5H2,(H2,17,18,19,20). The Kier molecular flexibility index (Phi) is 5.94. The van der Waals surface area contributed by atoms with Gasteiger partial charge in [-0.2, -0.15) is 13.2 Å². The highest BCUT2D eigenvalue weighted by molar-refractivity contribution is 9.10. The number of hydrogen-bond donors (Lipinski definition) is 2. The lowest BCUT2D eigenvalue weighted by molar-refractivity contribution is -0.125. The molecular formula is C11H9BrF4N2O3. The maximum Gasteiger partial charge on any atom is 0.405 e. The minimum absolute atomic E-state index is 0.232. The first kappa shape index (κ1) is 17.2. The van der Waals surface area contributed by atoms with Crippen molar-refractivity contribution in [3.8, 4) is 5.75 Å². The number of ether oxygens (including phenoxy) is 1. The molecule has 5 nitrogen and oxygen atoms in total. The Morgan fingerprint density at radius 3 is 2.52 bits per heavy atom. The van der Waals surface area contributed by atoms with Gasteiger partial charge in [0.1, 0.15) is 6.54 Å². The highest BCUT2D eigenvalue weighted by atomic mass is 79.9. The van der Waals surface area contributed by atoms with Crippen molar-refractivity contribution in [2.75, 3.05) is 13.2 Å². The lowest BCUT2D eigenvalue weighted by atomic mass is 10.3. The molecule has 0 heterocycles. The molecule has 2 N–H and O–H groups in total. The molecule has 0 saturated heterocycles. The first-order chi connectivity index (χ1) is 9.67. The molecule has 0 aromatic heterocycles. The summed E-state index contributed by atoms with van der Waals surface area (Å²) in [6.07, 6.45) is -4.59. The summed E-state index contributed by atoms with van der Waals surface area (Å²) >= 11 is 3.02. The third-order valence-electron chi connectivity index (χ3n) is 1.96. The largest absolute Gasteiger partial charge is 0.481 e. The van der Waals surface area contributed by atoms with Crippen LogP contribution >= 0.6 is 15.9 Å². The van der Waals surface area contributed by atoms with E-state index in [1.165, 1.54) is 17.4 Å². The van der Waals surface area contributed by atoms with Crippen molar-refractivity contribution in [1.29, 1.82) is 0 Å². The van der Waals surface area contributed by atoms with E-state index in [0.29, 0.717) is 4.47 Å². The molecule has 0 fully saturated rings.